The topological polar surface area (TPSA) is 84.9 Å². The molecule has 6 nitrogen and oxygen atoms in total. The van der Waals surface area contributed by atoms with Gasteiger partial charge in [-0.15, -0.1) is 0 Å². The molecule has 0 aromatic heterocycles. The number of hydrogen-bond donors (Lipinski definition) is 2. The number of hydrogen-bond acceptors (Lipinski definition) is 4. The van der Waals surface area contributed by atoms with E-state index in [1.807, 2.05) is 20.8 Å². The van der Waals surface area contributed by atoms with Crippen molar-refractivity contribution >= 4 is 11.9 Å². The normalized spacial score (nSPS) is 19.4. The quantitative estimate of drug-likeness (QED) is 0.863. The lowest BCUT2D eigenvalue weighted by molar-refractivity contribution is -0.142. The van der Waals surface area contributed by atoms with Crippen molar-refractivity contribution in [3.63, 3.8) is 0 Å². The van der Waals surface area contributed by atoms with Crippen LogP contribution in [-0.4, -0.2) is 41.8 Å². The van der Waals surface area contributed by atoms with Crippen molar-refractivity contribution in [3.8, 4) is 5.75 Å². The third-order valence-corrected chi connectivity index (χ3v) is 3.76. The fourth-order valence-corrected chi connectivity index (χ4v) is 2.66. The minimum Gasteiger partial charge on any atom is -0.488 e. The molecule has 2 rings (SSSR count). The Hall–Kier alpha value is -2.08. The molecule has 2 atom stereocenters. The van der Waals surface area contributed by atoms with E-state index in [1.54, 1.807) is 24.3 Å². The zero-order valence-corrected chi connectivity index (χ0v) is 14.4. The lowest BCUT2D eigenvalue weighted by Crippen LogP contribution is -2.48. The van der Waals surface area contributed by atoms with Gasteiger partial charge in [0, 0.05) is 18.1 Å². The number of carboxylic acids is 1. The summed E-state index contributed by atoms with van der Waals surface area (Å²) in [6.45, 7) is 6.83. The molecule has 2 N–H and O–H groups in total. The van der Waals surface area contributed by atoms with Crippen molar-refractivity contribution in [1.29, 1.82) is 0 Å². The lowest BCUT2D eigenvalue weighted by Gasteiger charge is -2.28. The van der Waals surface area contributed by atoms with Crippen LogP contribution in [0.15, 0.2) is 24.3 Å². The summed E-state index contributed by atoms with van der Waals surface area (Å²) in [5, 5.41) is 12.0. The highest BCUT2D eigenvalue weighted by Crippen LogP contribution is 2.20. The zero-order valence-electron chi connectivity index (χ0n) is 14.4. The summed E-state index contributed by atoms with van der Waals surface area (Å²) in [6, 6.07) is 5.74. The van der Waals surface area contributed by atoms with Gasteiger partial charge in [0.2, 0.25) is 0 Å². The van der Waals surface area contributed by atoms with Crippen LogP contribution < -0.4 is 10.1 Å². The molecule has 1 amide bonds. The fourth-order valence-electron chi connectivity index (χ4n) is 2.66. The van der Waals surface area contributed by atoms with E-state index in [-0.39, 0.29) is 11.5 Å². The molecule has 1 aliphatic heterocycles. The summed E-state index contributed by atoms with van der Waals surface area (Å²) in [5.74, 6) is -0.986. The number of carboxylic acid groups (broad SMARTS) is 1. The van der Waals surface area contributed by atoms with Gasteiger partial charge in [-0.2, -0.15) is 0 Å². The molecule has 1 saturated heterocycles. The molecular weight excluding hydrogens is 310 g/mol. The number of nitrogens with one attached hydrogen (secondary N) is 1. The predicted octanol–water partition coefficient (Wildman–Crippen LogP) is 2.47. The number of benzene rings is 1. The number of carbonyl (C=O) groups excluding carboxylic acids is 1. The van der Waals surface area contributed by atoms with Gasteiger partial charge in [0.15, 0.2) is 0 Å². The first-order valence-electron chi connectivity index (χ1n) is 8.17. The molecule has 1 aromatic carbocycles. The molecule has 0 saturated carbocycles. The van der Waals surface area contributed by atoms with Gasteiger partial charge in [0.05, 0.1) is 6.61 Å². The van der Waals surface area contributed by atoms with Crippen molar-refractivity contribution in [2.75, 3.05) is 13.2 Å². The van der Waals surface area contributed by atoms with Crippen LogP contribution in [0.5, 0.6) is 5.75 Å². The number of aliphatic carboxylic acids is 1. The average molecular weight is 335 g/mol. The Morgan fingerprint density at radius 3 is 2.46 bits per heavy atom. The van der Waals surface area contributed by atoms with Crippen molar-refractivity contribution in [2.45, 2.75) is 45.3 Å². The van der Waals surface area contributed by atoms with Gasteiger partial charge < -0.3 is 19.9 Å². The van der Waals surface area contributed by atoms with Gasteiger partial charge in [0.25, 0.3) is 5.91 Å². The monoisotopic (exact) mass is 335 g/mol. The summed E-state index contributed by atoms with van der Waals surface area (Å²) in [7, 11) is 0. The second-order valence-corrected chi connectivity index (χ2v) is 7.01. The second-order valence-electron chi connectivity index (χ2n) is 7.01. The molecule has 1 aliphatic rings. The summed E-state index contributed by atoms with van der Waals surface area (Å²) in [5.41, 5.74) is 0.0818. The molecule has 6 heteroatoms. The molecule has 1 aromatic rings. The highest BCUT2D eigenvalue weighted by molar-refractivity contribution is 5.96. The highest BCUT2D eigenvalue weighted by atomic mass is 16.5. The van der Waals surface area contributed by atoms with Crippen molar-refractivity contribution in [3.05, 3.63) is 29.8 Å². The standard InChI is InChI=1S/C18H25NO5/c1-18(2,3)24-14-8-6-12(7-9-14)16(20)19-15(17(21)22)13-5-4-10-23-11-13/h6-9,13,15H,4-5,10-11H2,1-3H3,(H,19,20)(H,21,22). The van der Waals surface area contributed by atoms with E-state index >= 15 is 0 Å². The number of ether oxygens (including phenoxy) is 2. The molecule has 1 heterocycles. The maximum Gasteiger partial charge on any atom is 0.326 e. The molecule has 0 radical (unpaired) electrons. The van der Waals surface area contributed by atoms with Gasteiger partial charge >= 0.3 is 5.97 Å². The maximum atomic E-state index is 12.3. The van der Waals surface area contributed by atoms with E-state index in [9.17, 15) is 14.7 Å². The Kier molecular flexibility index (Phi) is 5.83. The summed E-state index contributed by atoms with van der Waals surface area (Å²) < 4.78 is 11.0. The van der Waals surface area contributed by atoms with Gasteiger partial charge in [-0.3, -0.25) is 4.79 Å². The van der Waals surface area contributed by atoms with Crippen molar-refractivity contribution < 1.29 is 24.2 Å². The third kappa shape index (κ3) is 5.23. The Labute approximate surface area is 142 Å². The first-order valence-corrected chi connectivity index (χ1v) is 8.17. The van der Waals surface area contributed by atoms with Crippen LogP contribution in [0.4, 0.5) is 0 Å². The molecular formula is C18H25NO5. The number of amides is 1. The van der Waals surface area contributed by atoms with E-state index < -0.39 is 17.9 Å². The van der Waals surface area contributed by atoms with Crippen LogP contribution in [0.1, 0.15) is 44.0 Å². The molecule has 0 aliphatic carbocycles. The van der Waals surface area contributed by atoms with Gasteiger partial charge in [-0.25, -0.2) is 4.79 Å². The smallest absolute Gasteiger partial charge is 0.326 e. The number of carbonyl (C=O) groups is 2. The Balaban J connectivity index is 2.02. The van der Waals surface area contributed by atoms with Gasteiger partial charge in [-0.05, 0) is 57.9 Å². The minimum absolute atomic E-state index is 0.205. The van der Waals surface area contributed by atoms with Gasteiger partial charge in [-0.1, -0.05) is 0 Å². The first-order chi connectivity index (χ1) is 11.3. The molecule has 1 fully saturated rings. The Morgan fingerprint density at radius 1 is 1.29 bits per heavy atom. The summed E-state index contributed by atoms with van der Waals surface area (Å²) >= 11 is 0. The molecule has 0 bridgehead atoms. The van der Waals surface area contributed by atoms with Crippen LogP contribution >= 0.6 is 0 Å². The fraction of sp³-hybridized carbons (Fsp3) is 0.556. The van der Waals surface area contributed by atoms with Crippen LogP contribution in [-0.2, 0) is 9.53 Å². The largest absolute Gasteiger partial charge is 0.488 e. The minimum atomic E-state index is -1.04. The SMILES string of the molecule is CC(C)(C)Oc1ccc(C(=O)NC(C(=O)O)C2CCCOC2)cc1. The van der Waals surface area contributed by atoms with Crippen LogP contribution in [0.2, 0.25) is 0 Å². The second kappa shape index (κ2) is 7.66. The summed E-state index contributed by atoms with van der Waals surface area (Å²) in [4.78, 5) is 23.8. The van der Waals surface area contributed by atoms with E-state index in [1.165, 1.54) is 0 Å². The van der Waals surface area contributed by atoms with Crippen molar-refractivity contribution in [2.24, 2.45) is 5.92 Å². The Morgan fingerprint density at radius 2 is 1.96 bits per heavy atom. The molecule has 2 unspecified atom stereocenters. The predicted molar refractivity (Wildman–Crippen MR) is 89.3 cm³/mol. The number of rotatable bonds is 5. The van der Waals surface area contributed by atoms with E-state index in [4.69, 9.17) is 9.47 Å². The van der Waals surface area contributed by atoms with Gasteiger partial charge in [0.1, 0.15) is 17.4 Å². The molecule has 132 valence electrons. The van der Waals surface area contributed by atoms with E-state index in [2.05, 4.69) is 5.32 Å². The Bertz CT molecular complexity index is 570. The maximum absolute atomic E-state index is 12.3. The summed E-state index contributed by atoms with van der Waals surface area (Å²) in [6.07, 6.45) is 1.54. The molecule has 0 spiro atoms. The highest BCUT2D eigenvalue weighted by Gasteiger charge is 2.31. The van der Waals surface area contributed by atoms with Crippen LogP contribution in [0.25, 0.3) is 0 Å². The van der Waals surface area contributed by atoms with Crippen LogP contribution in [0.3, 0.4) is 0 Å². The lowest BCUT2D eigenvalue weighted by atomic mass is 9.93. The third-order valence-electron chi connectivity index (χ3n) is 3.76. The van der Waals surface area contributed by atoms with E-state index in [0.717, 1.165) is 12.8 Å². The van der Waals surface area contributed by atoms with E-state index in [0.29, 0.717) is 24.5 Å². The zero-order chi connectivity index (χ0) is 17.7. The van der Waals surface area contributed by atoms with Crippen molar-refractivity contribution in [1.82, 2.24) is 5.32 Å². The van der Waals surface area contributed by atoms with Crippen LogP contribution in [0, 0.1) is 5.92 Å². The first kappa shape index (κ1) is 18.3. The molecule has 24 heavy (non-hydrogen) atoms. The average Bonchev–Trinajstić information content (AvgIpc) is 2.52.